The third kappa shape index (κ3) is 3.81. The molecule has 1 aliphatic carbocycles. The molecule has 90 valence electrons. The van der Waals surface area contributed by atoms with Crippen LogP contribution in [0.4, 0.5) is 0 Å². The highest BCUT2D eigenvalue weighted by atomic mass is 14.4. The summed E-state index contributed by atoms with van der Waals surface area (Å²) in [5, 5.41) is 0. The van der Waals surface area contributed by atoms with E-state index in [2.05, 4.69) is 41.5 Å². The fourth-order valence-corrected chi connectivity index (χ4v) is 2.64. The van der Waals surface area contributed by atoms with Gasteiger partial charge in [0.25, 0.3) is 0 Å². The van der Waals surface area contributed by atoms with Crippen LogP contribution in [0, 0.1) is 35.5 Å². The topological polar surface area (TPSA) is 0 Å². The van der Waals surface area contributed by atoms with E-state index in [4.69, 9.17) is 0 Å². The van der Waals surface area contributed by atoms with Crippen LogP contribution in [-0.2, 0) is 0 Å². The predicted molar refractivity (Wildman–Crippen MR) is 68.8 cm³/mol. The van der Waals surface area contributed by atoms with Crippen molar-refractivity contribution in [2.45, 2.75) is 60.8 Å². The molecule has 0 bridgehead atoms. The smallest absolute Gasteiger partial charge is 0.0386 e. The maximum atomic E-state index is 2.47. The zero-order chi connectivity index (χ0) is 11.6. The maximum Gasteiger partial charge on any atom is -0.0386 e. The minimum absolute atomic E-state index is 0.843. The molecule has 0 aromatic rings. The molecule has 15 heavy (non-hydrogen) atoms. The van der Waals surface area contributed by atoms with Gasteiger partial charge in [-0.3, -0.25) is 0 Å². The fourth-order valence-electron chi connectivity index (χ4n) is 2.64. The van der Waals surface area contributed by atoms with Gasteiger partial charge in [0.15, 0.2) is 0 Å². The molecule has 0 radical (unpaired) electrons. The highest BCUT2D eigenvalue weighted by Crippen LogP contribution is 2.43. The largest absolute Gasteiger partial charge is 0.0625 e. The number of hydrogen-bond acceptors (Lipinski definition) is 0. The molecule has 0 heterocycles. The van der Waals surface area contributed by atoms with E-state index in [1.165, 1.54) is 19.3 Å². The first-order chi connectivity index (χ1) is 6.93. The van der Waals surface area contributed by atoms with E-state index < -0.39 is 0 Å². The van der Waals surface area contributed by atoms with Crippen LogP contribution in [0.25, 0.3) is 0 Å². The summed E-state index contributed by atoms with van der Waals surface area (Å²) >= 11 is 0. The van der Waals surface area contributed by atoms with Gasteiger partial charge in [-0.25, -0.2) is 0 Å². The predicted octanol–water partition coefficient (Wildman–Crippen LogP) is 4.99. The summed E-state index contributed by atoms with van der Waals surface area (Å²) in [6.45, 7) is 14.5. The van der Waals surface area contributed by atoms with Crippen molar-refractivity contribution in [3.8, 4) is 0 Å². The highest BCUT2D eigenvalue weighted by molar-refractivity contribution is 4.83. The molecule has 1 aliphatic rings. The van der Waals surface area contributed by atoms with Gasteiger partial charge in [-0.2, -0.15) is 0 Å². The fraction of sp³-hybridized carbons (Fsp3) is 1.00. The Balaban J connectivity index is 2.34. The van der Waals surface area contributed by atoms with Crippen LogP contribution >= 0.6 is 0 Å². The van der Waals surface area contributed by atoms with E-state index in [0.29, 0.717) is 0 Å². The third-order valence-corrected chi connectivity index (χ3v) is 4.97. The van der Waals surface area contributed by atoms with Gasteiger partial charge in [-0.1, -0.05) is 41.5 Å². The van der Waals surface area contributed by atoms with Crippen LogP contribution in [-0.4, -0.2) is 0 Å². The first kappa shape index (κ1) is 13.1. The van der Waals surface area contributed by atoms with Crippen LogP contribution in [0.15, 0.2) is 0 Å². The standard InChI is InChI=1S/C15H30/c1-10(2)11(3)9-12(4)13(5)14(6)15-7-8-15/h10-15H,7-9H2,1-6H3. The van der Waals surface area contributed by atoms with E-state index in [-0.39, 0.29) is 0 Å². The first-order valence-electron chi connectivity index (χ1n) is 6.93. The molecule has 1 fully saturated rings. The second-order valence-corrected chi connectivity index (χ2v) is 6.49. The van der Waals surface area contributed by atoms with Crippen LogP contribution < -0.4 is 0 Å². The molecule has 0 heteroatoms. The molecular weight excluding hydrogens is 180 g/mol. The molecule has 1 rings (SSSR count). The average molecular weight is 210 g/mol. The Morgan fingerprint density at radius 2 is 1.40 bits per heavy atom. The van der Waals surface area contributed by atoms with Crippen molar-refractivity contribution in [2.75, 3.05) is 0 Å². The second-order valence-electron chi connectivity index (χ2n) is 6.49. The van der Waals surface area contributed by atoms with Crippen LogP contribution in [0.5, 0.6) is 0 Å². The molecule has 0 nitrogen and oxygen atoms in total. The Bertz CT molecular complexity index is 178. The highest BCUT2D eigenvalue weighted by Gasteiger charge is 2.33. The normalized spacial score (nSPS) is 25.0. The molecule has 1 saturated carbocycles. The summed E-state index contributed by atoms with van der Waals surface area (Å²) in [7, 11) is 0. The van der Waals surface area contributed by atoms with Gasteiger partial charge in [0, 0.05) is 0 Å². The molecule has 4 unspecified atom stereocenters. The summed E-state index contributed by atoms with van der Waals surface area (Å²) in [5.74, 6) is 5.57. The molecule has 0 aromatic carbocycles. The van der Waals surface area contributed by atoms with Gasteiger partial charge in [-0.15, -0.1) is 0 Å². The van der Waals surface area contributed by atoms with Crippen molar-refractivity contribution < 1.29 is 0 Å². The summed E-state index contributed by atoms with van der Waals surface area (Å²) in [6, 6.07) is 0. The Labute approximate surface area is 96.8 Å². The third-order valence-electron chi connectivity index (χ3n) is 4.97. The summed E-state index contributed by atoms with van der Waals surface area (Å²) in [5.41, 5.74) is 0. The van der Waals surface area contributed by atoms with Crippen molar-refractivity contribution in [2.24, 2.45) is 35.5 Å². The van der Waals surface area contributed by atoms with E-state index in [1.54, 1.807) is 0 Å². The van der Waals surface area contributed by atoms with Gasteiger partial charge in [0.05, 0.1) is 0 Å². The van der Waals surface area contributed by atoms with Gasteiger partial charge in [0.1, 0.15) is 0 Å². The van der Waals surface area contributed by atoms with Crippen LogP contribution in [0.3, 0.4) is 0 Å². The maximum absolute atomic E-state index is 2.47. The van der Waals surface area contributed by atoms with E-state index in [0.717, 1.165) is 35.5 Å². The molecule has 0 aromatic heterocycles. The Morgan fingerprint density at radius 3 is 1.80 bits per heavy atom. The van der Waals surface area contributed by atoms with Crippen molar-refractivity contribution >= 4 is 0 Å². The van der Waals surface area contributed by atoms with Crippen molar-refractivity contribution in [3.05, 3.63) is 0 Å². The zero-order valence-electron chi connectivity index (χ0n) is 11.6. The SMILES string of the molecule is CC(C)C(C)CC(C)C(C)C(C)C1CC1. The van der Waals surface area contributed by atoms with Crippen molar-refractivity contribution in [1.82, 2.24) is 0 Å². The molecule has 0 spiro atoms. The van der Waals surface area contributed by atoms with Crippen molar-refractivity contribution in [1.29, 1.82) is 0 Å². The molecular formula is C15H30. The minimum Gasteiger partial charge on any atom is -0.0625 e. The first-order valence-corrected chi connectivity index (χ1v) is 6.93. The van der Waals surface area contributed by atoms with E-state index in [1.807, 2.05) is 0 Å². The van der Waals surface area contributed by atoms with Crippen molar-refractivity contribution in [3.63, 3.8) is 0 Å². The van der Waals surface area contributed by atoms with E-state index >= 15 is 0 Å². The molecule has 0 saturated heterocycles. The lowest BCUT2D eigenvalue weighted by atomic mass is 9.76. The zero-order valence-corrected chi connectivity index (χ0v) is 11.6. The van der Waals surface area contributed by atoms with Crippen LogP contribution in [0.2, 0.25) is 0 Å². The van der Waals surface area contributed by atoms with E-state index in [9.17, 15) is 0 Å². The van der Waals surface area contributed by atoms with Gasteiger partial charge >= 0.3 is 0 Å². The summed E-state index contributed by atoms with van der Waals surface area (Å²) in [6.07, 6.45) is 4.41. The lowest BCUT2D eigenvalue weighted by Gasteiger charge is -2.29. The quantitative estimate of drug-likeness (QED) is 0.579. The lowest BCUT2D eigenvalue weighted by molar-refractivity contribution is 0.205. The lowest BCUT2D eigenvalue weighted by Crippen LogP contribution is -2.21. The summed E-state index contributed by atoms with van der Waals surface area (Å²) < 4.78 is 0. The molecule has 0 aliphatic heterocycles. The van der Waals surface area contributed by atoms with Gasteiger partial charge < -0.3 is 0 Å². The molecule has 0 amide bonds. The van der Waals surface area contributed by atoms with Gasteiger partial charge in [0.2, 0.25) is 0 Å². The summed E-state index contributed by atoms with van der Waals surface area (Å²) in [4.78, 5) is 0. The van der Waals surface area contributed by atoms with Crippen LogP contribution in [0.1, 0.15) is 60.8 Å². The minimum atomic E-state index is 0.843. The monoisotopic (exact) mass is 210 g/mol. The Hall–Kier alpha value is 0. The molecule has 4 atom stereocenters. The second kappa shape index (κ2) is 5.37. The Kier molecular flexibility index (Phi) is 4.67. The molecule has 0 N–H and O–H groups in total. The number of rotatable bonds is 6. The Morgan fingerprint density at radius 1 is 0.867 bits per heavy atom. The average Bonchev–Trinajstić information content (AvgIpc) is 2.98. The van der Waals surface area contributed by atoms with Gasteiger partial charge in [-0.05, 0) is 54.8 Å². The number of hydrogen-bond donors (Lipinski definition) is 0.